The van der Waals surface area contributed by atoms with Crippen LogP contribution in [0.4, 0.5) is 5.69 Å². The molecule has 0 bridgehead atoms. The zero-order chi connectivity index (χ0) is 30.5. The first-order valence-electron chi connectivity index (χ1n) is 15.5. The van der Waals surface area contributed by atoms with Crippen LogP contribution in [-0.2, 0) is 15.1 Å². The van der Waals surface area contributed by atoms with Crippen molar-refractivity contribution in [2.45, 2.75) is 12.5 Å². The summed E-state index contributed by atoms with van der Waals surface area (Å²) in [6.45, 7) is 5.30. The Kier molecular flexibility index (Phi) is 6.61. The topological polar surface area (TPSA) is 57.2 Å². The minimum absolute atomic E-state index is 0.282. The normalized spacial score (nSPS) is 17.9. The van der Waals surface area contributed by atoms with Crippen molar-refractivity contribution < 1.29 is 23.7 Å². The smallest absolute Gasteiger partial charge is 0.339 e. The molecule has 5 aromatic rings. The SMILES string of the molecule is CCOC(=O)c1c2c(c3cccc4c3c1-c1ccccc1-4)OC(c1ccc(OC)cc1)(c1ccc(N3CCOCC3)cc1)C=C2. The Morgan fingerprint density at radius 1 is 0.844 bits per heavy atom. The Bertz CT molecular complexity index is 1970. The molecule has 5 aromatic carbocycles. The van der Waals surface area contributed by atoms with Crippen molar-refractivity contribution in [3.63, 3.8) is 0 Å². The van der Waals surface area contributed by atoms with Gasteiger partial charge < -0.3 is 23.8 Å². The monoisotopic (exact) mass is 595 g/mol. The molecule has 1 aliphatic carbocycles. The molecule has 2 heterocycles. The third kappa shape index (κ3) is 4.24. The number of nitrogens with zero attached hydrogens (tertiary/aromatic N) is 1. The van der Waals surface area contributed by atoms with Gasteiger partial charge in [-0.1, -0.05) is 66.7 Å². The van der Waals surface area contributed by atoms with Gasteiger partial charge in [-0.2, -0.15) is 0 Å². The Balaban J connectivity index is 1.36. The molecule has 3 aliphatic rings. The van der Waals surface area contributed by atoms with Crippen molar-refractivity contribution in [3.8, 4) is 33.8 Å². The van der Waals surface area contributed by atoms with Gasteiger partial charge in [-0.3, -0.25) is 0 Å². The summed E-state index contributed by atoms with van der Waals surface area (Å²) in [5.41, 5.74) is 7.55. The lowest BCUT2D eigenvalue weighted by molar-refractivity contribution is 0.0525. The first-order valence-corrected chi connectivity index (χ1v) is 15.5. The molecule has 2 aliphatic heterocycles. The number of anilines is 1. The van der Waals surface area contributed by atoms with E-state index >= 15 is 0 Å². The van der Waals surface area contributed by atoms with Gasteiger partial charge in [-0.05, 0) is 60.0 Å². The molecule has 45 heavy (non-hydrogen) atoms. The standard InChI is InChI=1S/C39H33NO5/c1-3-44-38(41)36-33-19-20-39(26-13-17-28(42-2)18-14-26,25-11-15-27(16-12-25)40-21-23-43-24-22-40)45-37(33)32-10-6-9-30-29-7-4-5-8-31(29)35(36)34(30)32/h4-20H,3,21-24H2,1-2H3. The number of hydrogen-bond donors (Lipinski definition) is 0. The fourth-order valence-electron chi connectivity index (χ4n) is 7.10. The second-order valence-corrected chi connectivity index (χ2v) is 11.5. The van der Waals surface area contributed by atoms with E-state index in [0.717, 1.165) is 87.5 Å². The van der Waals surface area contributed by atoms with E-state index in [1.807, 2.05) is 43.3 Å². The van der Waals surface area contributed by atoms with Crippen LogP contribution in [-0.4, -0.2) is 46.0 Å². The van der Waals surface area contributed by atoms with Crippen molar-refractivity contribution >= 4 is 28.5 Å². The fourth-order valence-corrected chi connectivity index (χ4v) is 7.10. The van der Waals surface area contributed by atoms with Gasteiger partial charge in [0.25, 0.3) is 0 Å². The molecular weight excluding hydrogens is 562 g/mol. The van der Waals surface area contributed by atoms with Crippen LogP contribution in [0.5, 0.6) is 11.5 Å². The van der Waals surface area contributed by atoms with Gasteiger partial charge >= 0.3 is 5.97 Å². The number of benzene rings is 5. The van der Waals surface area contributed by atoms with E-state index < -0.39 is 5.60 Å². The molecule has 1 unspecified atom stereocenters. The largest absolute Gasteiger partial charge is 0.497 e. The molecule has 0 spiro atoms. The van der Waals surface area contributed by atoms with Gasteiger partial charge in [0.1, 0.15) is 11.5 Å². The van der Waals surface area contributed by atoms with Crippen LogP contribution in [0.3, 0.4) is 0 Å². The number of morpholine rings is 1. The quantitative estimate of drug-likeness (QED) is 0.183. The van der Waals surface area contributed by atoms with Gasteiger partial charge in [-0.25, -0.2) is 4.79 Å². The van der Waals surface area contributed by atoms with Crippen molar-refractivity contribution in [2.24, 2.45) is 0 Å². The molecule has 6 heteroatoms. The number of methoxy groups -OCH3 is 1. The minimum Gasteiger partial charge on any atom is -0.497 e. The first kappa shape index (κ1) is 27.5. The molecule has 0 N–H and O–H groups in total. The summed E-state index contributed by atoms with van der Waals surface area (Å²) >= 11 is 0. The van der Waals surface area contributed by atoms with Gasteiger partial charge in [0.15, 0.2) is 5.60 Å². The van der Waals surface area contributed by atoms with Gasteiger partial charge in [0, 0.05) is 51.8 Å². The maximum Gasteiger partial charge on any atom is 0.339 e. The lowest BCUT2D eigenvalue weighted by atomic mass is 9.81. The van der Waals surface area contributed by atoms with Crippen molar-refractivity contribution in [2.75, 3.05) is 44.9 Å². The number of rotatable bonds is 6. The molecule has 6 nitrogen and oxygen atoms in total. The predicted octanol–water partition coefficient (Wildman–Crippen LogP) is 7.86. The summed E-state index contributed by atoms with van der Waals surface area (Å²) < 4.78 is 24.1. The summed E-state index contributed by atoms with van der Waals surface area (Å²) in [6.07, 6.45) is 4.13. The highest BCUT2D eigenvalue weighted by Crippen LogP contribution is 2.55. The molecule has 0 radical (unpaired) electrons. The molecule has 1 fully saturated rings. The fraction of sp³-hybridized carbons (Fsp3) is 0.205. The van der Waals surface area contributed by atoms with Crippen LogP contribution in [0.15, 0.2) is 97.1 Å². The number of fused-ring (bicyclic) bond motifs is 5. The van der Waals surface area contributed by atoms with Gasteiger partial charge in [0.2, 0.25) is 0 Å². The summed E-state index contributed by atoms with van der Waals surface area (Å²) in [7, 11) is 1.67. The molecule has 8 rings (SSSR count). The molecule has 224 valence electrons. The third-order valence-corrected chi connectivity index (χ3v) is 9.23. The maximum absolute atomic E-state index is 13.8. The van der Waals surface area contributed by atoms with Gasteiger partial charge in [0.05, 0.1) is 32.5 Å². The third-order valence-electron chi connectivity index (χ3n) is 9.23. The average molecular weight is 596 g/mol. The van der Waals surface area contributed by atoms with Crippen LogP contribution < -0.4 is 14.4 Å². The highest BCUT2D eigenvalue weighted by Gasteiger charge is 2.41. The van der Waals surface area contributed by atoms with Crippen LogP contribution in [0.25, 0.3) is 39.1 Å². The van der Waals surface area contributed by atoms with Crippen LogP contribution in [0.2, 0.25) is 0 Å². The van der Waals surface area contributed by atoms with Gasteiger partial charge in [-0.15, -0.1) is 0 Å². The molecule has 1 atom stereocenters. The van der Waals surface area contributed by atoms with E-state index in [1.165, 1.54) is 0 Å². The predicted molar refractivity (Wildman–Crippen MR) is 177 cm³/mol. The second kappa shape index (κ2) is 10.8. The summed E-state index contributed by atoms with van der Waals surface area (Å²) in [5, 5.41) is 1.98. The van der Waals surface area contributed by atoms with E-state index in [0.29, 0.717) is 11.3 Å². The number of carbonyl (C=O) groups excluding carboxylic acids is 1. The highest BCUT2D eigenvalue weighted by atomic mass is 16.5. The molecular formula is C39H33NO5. The summed E-state index contributed by atoms with van der Waals surface area (Å²) in [4.78, 5) is 16.1. The first-order chi connectivity index (χ1) is 22.1. The maximum atomic E-state index is 13.8. The summed E-state index contributed by atoms with van der Waals surface area (Å²) in [5.74, 6) is 1.09. The summed E-state index contributed by atoms with van der Waals surface area (Å²) in [6, 6.07) is 31.2. The van der Waals surface area contributed by atoms with E-state index in [9.17, 15) is 4.79 Å². The average Bonchev–Trinajstić information content (AvgIpc) is 3.44. The molecule has 0 amide bonds. The van der Waals surface area contributed by atoms with Crippen LogP contribution in [0, 0.1) is 0 Å². The Labute approximate surface area is 262 Å². The Morgan fingerprint density at radius 2 is 1.53 bits per heavy atom. The second-order valence-electron chi connectivity index (χ2n) is 11.5. The van der Waals surface area contributed by atoms with Crippen molar-refractivity contribution in [1.82, 2.24) is 0 Å². The van der Waals surface area contributed by atoms with E-state index in [4.69, 9.17) is 18.9 Å². The van der Waals surface area contributed by atoms with E-state index in [2.05, 4.69) is 71.6 Å². The lowest BCUT2D eigenvalue weighted by Gasteiger charge is -2.38. The van der Waals surface area contributed by atoms with Crippen LogP contribution >= 0.6 is 0 Å². The Hall–Kier alpha value is -5.07. The number of carbonyl (C=O) groups is 1. The van der Waals surface area contributed by atoms with Crippen molar-refractivity contribution in [1.29, 1.82) is 0 Å². The minimum atomic E-state index is -0.958. The molecule has 1 saturated heterocycles. The van der Waals surface area contributed by atoms with E-state index in [1.54, 1.807) is 7.11 Å². The zero-order valence-corrected chi connectivity index (χ0v) is 25.3. The van der Waals surface area contributed by atoms with Crippen LogP contribution in [0.1, 0.15) is 34.0 Å². The highest BCUT2D eigenvalue weighted by molar-refractivity contribution is 6.23. The number of hydrogen-bond acceptors (Lipinski definition) is 6. The number of esters is 1. The molecule has 0 aromatic heterocycles. The van der Waals surface area contributed by atoms with Crippen molar-refractivity contribution in [3.05, 3.63) is 119 Å². The zero-order valence-electron chi connectivity index (χ0n) is 25.3. The Morgan fingerprint density at radius 3 is 2.24 bits per heavy atom. The number of ether oxygens (including phenoxy) is 4. The lowest BCUT2D eigenvalue weighted by Crippen LogP contribution is -2.37. The van der Waals surface area contributed by atoms with E-state index in [-0.39, 0.29) is 12.6 Å². The molecule has 0 saturated carbocycles.